The number of halogens is 1. The number of aromatic nitrogens is 1. The van der Waals surface area contributed by atoms with Gasteiger partial charge in [-0.1, -0.05) is 18.2 Å². The van der Waals surface area contributed by atoms with Crippen LogP contribution in [-0.4, -0.2) is 10.9 Å². The van der Waals surface area contributed by atoms with E-state index in [0.29, 0.717) is 17.7 Å². The molecule has 0 saturated heterocycles. The lowest BCUT2D eigenvalue weighted by Gasteiger charge is -2.09. The molecule has 0 atom stereocenters. The van der Waals surface area contributed by atoms with Gasteiger partial charge in [-0.15, -0.1) is 11.3 Å². The highest BCUT2D eigenvalue weighted by Gasteiger charge is 2.11. The molecular weight excluding hydrogens is 311 g/mol. The van der Waals surface area contributed by atoms with Crippen molar-refractivity contribution in [1.82, 2.24) is 10.3 Å². The number of aryl methyl sites for hydroxylation is 1. The molecule has 5 heteroatoms. The van der Waals surface area contributed by atoms with E-state index in [1.165, 1.54) is 6.07 Å². The summed E-state index contributed by atoms with van der Waals surface area (Å²) in [6.45, 7) is 2.01. The van der Waals surface area contributed by atoms with Crippen LogP contribution in [0.15, 0.2) is 54.0 Å². The van der Waals surface area contributed by atoms with E-state index in [0.717, 1.165) is 16.1 Å². The predicted octanol–water partition coefficient (Wildman–Crippen LogP) is 4.19. The van der Waals surface area contributed by atoms with Crippen molar-refractivity contribution in [3.63, 3.8) is 0 Å². The van der Waals surface area contributed by atoms with Gasteiger partial charge in [-0.3, -0.25) is 9.78 Å². The number of pyridine rings is 1. The zero-order chi connectivity index (χ0) is 16.2. The zero-order valence-corrected chi connectivity index (χ0v) is 13.4. The molecule has 0 fully saturated rings. The van der Waals surface area contributed by atoms with Gasteiger partial charge in [0, 0.05) is 18.3 Å². The smallest absolute Gasteiger partial charge is 0.251 e. The summed E-state index contributed by atoms with van der Waals surface area (Å²) < 4.78 is 13.6. The molecular formula is C18H15FN2OS. The average Bonchev–Trinajstić information content (AvgIpc) is 3.10. The minimum Gasteiger partial charge on any atom is -0.348 e. The zero-order valence-electron chi connectivity index (χ0n) is 12.5. The van der Waals surface area contributed by atoms with Crippen molar-refractivity contribution in [2.45, 2.75) is 13.5 Å². The number of carbonyl (C=O) groups excluding carboxylic acids is 1. The molecule has 0 radical (unpaired) electrons. The topological polar surface area (TPSA) is 42.0 Å². The molecule has 1 N–H and O–H groups in total. The van der Waals surface area contributed by atoms with Gasteiger partial charge >= 0.3 is 0 Å². The van der Waals surface area contributed by atoms with Crippen LogP contribution in [0.4, 0.5) is 4.39 Å². The Hall–Kier alpha value is -2.53. The number of amides is 1. The second-order valence-electron chi connectivity index (χ2n) is 5.14. The Labute approximate surface area is 137 Å². The molecule has 2 aromatic heterocycles. The molecule has 1 amide bonds. The molecule has 3 rings (SSSR count). The number of benzene rings is 1. The fourth-order valence-electron chi connectivity index (χ4n) is 2.23. The van der Waals surface area contributed by atoms with Gasteiger partial charge in [-0.25, -0.2) is 4.39 Å². The summed E-state index contributed by atoms with van der Waals surface area (Å²) in [5, 5.41) is 4.81. The van der Waals surface area contributed by atoms with E-state index < -0.39 is 0 Å². The first-order valence-electron chi connectivity index (χ1n) is 7.17. The van der Waals surface area contributed by atoms with E-state index >= 15 is 0 Å². The Morgan fingerprint density at radius 3 is 2.87 bits per heavy atom. The van der Waals surface area contributed by atoms with E-state index in [1.807, 2.05) is 29.6 Å². The fourth-order valence-corrected chi connectivity index (χ4v) is 2.98. The molecule has 3 nitrogen and oxygen atoms in total. The van der Waals surface area contributed by atoms with Crippen molar-refractivity contribution < 1.29 is 9.18 Å². The van der Waals surface area contributed by atoms with E-state index in [-0.39, 0.29) is 11.7 Å². The molecule has 2 heterocycles. The Kier molecular flexibility index (Phi) is 4.48. The molecule has 0 unspecified atom stereocenters. The molecule has 0 aliphatic heterocycles. The third-order valence-electron chi connectivity index (χ3n) is 3.52. The average molecular weight is 326 g/mol. The van der Waals surface area contributed by atoms with Crippen LogP contribution in [0.3, 0.4) is 0 Å². The van der Waals surface area contributed by atoms with Gasteiger partial charge in [0.25, 0.3) is 5.91 Å². The number of hydrogen-bond acceptors (Lipinski definition) is 3. The lowest BCUT2D eigenvalue weighted by molar-refractivity contribution is 0.0950. The Bertz CT molecular complexity index is 831. The maximum absolute atomic E-state index is 13.6. The molecule has 0 spiro atoms. The Balaban J connectivity index is 1.76. The molecule has 0 bridgehead atoms. The largest absolute Gasteiger partial charge is 0.348 e. The second kappa shape index (κ2) is 6.71. The summed E-state index contributed by atoms with van der Waals surface area (Å²) in [6, 6.07) is 12.2. The molecule has 1 aromatic carbocycles. The van der Waals surface area contributed by atoms with Gasteiger partial charge in [0.2, 0.25) is 0 Å². The minimum absolute atomic E-state index is 0.301. The van der Waals surface area contributed by atoms with Crippen molar-refractivity contribution in [3.8, 4) is 10.6 Å². The van der Waals surface area contributed by atoms with Crippen molar-refractivity contribution in [1.29, 1.82) is 0 Å². The summed E-state index contributed by atoms with van der Waals surface area (Å²) in [4.78, 5) is 17.6. The molecule has 0 saturated carbocycles. The van der Waals surface area contributed by atoms with Gasteiger partial charge in [0.15, 0.2) is 0 Å². The highest BCUT2D eigenvalue weighted by molar-refractivity contribution is 7.13. The quantitative estimate of drug-likeness (QED) is 0.781. The number of hydrogen-bond donors (Lipinski definition) is 1. The van der Waals surface area contributed by atoms with Crippen molar-refractivity contribution in [2.75, 3.05) is 0 Å². The maximum atomic E-state index is 13.6. The predicted molar refractivity (Wildman–Crippen MR) is 89.9 cm³/mol. The third kappa shape index (κ3) is 3.46. The van der Waals surface area contributed by atoms with Gasteiger partial charge in [0.1, 0.15) is 5.82 Å². The minimum atomic E-state index is -0.377. The maximum Gasteiger partial charge on any atom is 0.251 e. The lowest BCUT2D eigenvalue weighted by Crippen LogP contribution is -2.23. The van der Waals surface area contributed by atoms with Crippen LogP contribution in [0.25, 0.3) is 10.6 Å². The van der Waals surface area contributed by atoms with Crippen LogP contribution < -0.4 is 5.32 Å². The van der Waals surface area contributed by atoms with Crippen molar-refractivity contribution >= 4 is 17.2 Å². The van der Waals surface area contributed by atoms with Gasteiger partial charge < -0.3 is 5.32 Å². The second-order valence-corrected chi connectivity index (χ2v) is 6.08. The van der Waals surface area contributed by atoms with Crippen LogP contribution in [0.2, 0.25) is 0 Å². The fraction of sp³-hybridized carbons (Fsp3) is 0.111. The summed E-state index contributed by atoms with van der Waals surface area (Å²) >= 11 is 1.60. The number of nitrogens with one attached hydrogen (secondary N) is 1. The van der Waals surface area contributed by atoms with Crippen LogP contribution in [-0.2, 0) is 6.54 Å². The lowest BCUT2D eigenvalue weighted by atomic mass is 10.1. The van der Waals surface area contributed by atoms with Crippen LogP contribution in [0.1, 0.15) is 21.5 Å². The molecule has 116 valence electrons. The monoisotopic (exact) mass is 326 g/mol. The summed E-state index contributed by atoms with van der Waals surface area (Å²) in [6.07, 6.45) is 1.73. The van der Waals surface area contributed by atoms with E-state index in [1.54, 1.807) is 36.6 Å². The summed E-state index contributed by atoms with van der Waals surface area (Å²) in [7, 11) is 0. The van der Waals surface area contributed by atoms with Gasteiger partial charge in [-0.2, -0.15) is 0 Å². The van der Waals surface area contributed by atoms with Crippen LogP contribution in [0, 0.1) is 12.7 Å². The molecule has 0 aliphatic carbocycles. The highest BCUT2D eigenvalue weighted by atomic mass is 32.1. The van der Waals surface area contributed by atoms with Crippen molar-refractivity contribution in [3.05, 3.63) is 76.5 Å². The standard InChI is InChI=1S/C18H15FN2OS/c1-12-6-7-13(10-15(12)19)18(22)21-11-14-4-2-8-20-17(14)16-5-3-9-23-16/h2-10H,11H2,1H3,(H,21,22). The van der Waals surface area contributed by atoms with E-state index in [4.69, 9.17) is 0 Å². The molecule has 3 aromatic rings. The SMILES string of the molecule is Cc1ccc(C(=O)NCc2cccnc2-c2cccs2)cc1F. The number of rotatable bonds is 4. The summed E-state index contributed by atoms with van der Waals surface area (Å²) in [5.74, 6) is -0.678. The van der Waals surface area contributed by atoms with Crippen molar-refractivity contribution in [2.24, 2.45) is 0 Å². The molecule has 23 heavy (non-hydrogen) atoms. The van der Waals surface area contributed by atoms with Gasteiger partial charge in [-0.05, 0) is 47.7 Å². The molecule has 0 aliphatic rings. The van der Waals surface area contributed by atoms with Gasteiger partial charge in [0.05, 0.1) is 10.6 Å². The normalized spacial score (nSPS) is 10.5. The Morgan fingerprint density at radius 1 is 1.26 bits per heavy atom. The first kappa shape index (κ1) is 15.4. The number of thiophene rings is 1. The van der Waals surface area contributed by atoms with Crippen LogP contribution >= 0.6 is 11.3 Å². The van der Waals surface area contributed by atoms with E-state index in [9.17, 15) is 9.18 Å². The first-order valence-corrected chi connectivity index (χ1v) is 8.05. The third-order valence-corrected chi connectivity index (χ3v) is 4.40. The summed E-state index contributed by atoms with van der Waals surface area (Å²) in [5.41, 5.74) is 2.62. The highest BCUT2D eigenvalue weighted by Crippen LogP contribution is 2.25. The van der Waals surface area contributed by atoms with E-state index in [2.05, 4.69) is 10.3 Å². The van der Waals surface area contributed by atoms with Crippen LogP contribution in [0.5, 0.6) is 0 Å². The number of carbonyl (C=O) groups is 1. The Morgan fingerprint density at radius 2 is 2.13 bits per heavy atom. The number of nitrogens with zero attached hydrogens (tertiary/aromatic N) is 1. The first-order chi connectivity index (χ1) is 11.1.